The van der Waals surface area contributed by atoms with E-state index in [0.717, 1.165) is 33.4 Å². The van der Waals surface area contributed by atoms with Crippen LogP contribution in [0.3, 0.4) is 0 Å². The van der Waals surface area contributed by atoms with Crippen LogP contribution >= 0.6 is 0 Å². The smallest absolute Gasteiger partial charge is 0.234 e. The molecule has 1 fully saturated rings. The number of methoxy groups -OCH3 is 2. The Morgan fingerprint density at radius 2 is 1.38 bits per heavy atom. The summed E-state index contributed by atoms with van der Waals surface area (Å²) >= 11 is 0. The topological polar surface area (TPSA) is 55.8 Å². The second-order valence-corrected chi connectivity index (χ2v) is 9.58. The number of hydrogen-bond acceptors (Lipinski definition) is 4. The molecule has 0 saturated carbocycles. The molecular weight excluding hydrogens is 426 g/mol. The van der Waals surface area contributed by atoms with E-state index >= 15 is 0 Å². The molecule has 0 aromatic heterocycles. The van der Waals surface area contributed by atoms with Gasteiger partial charge < -0.3 is 9.47 Å². The van der Waals surface area contributed by atoms with Crippen molar-refractivity contribution in [2.45, 2.75) is 31.1 Å². The molecule has 1 saturated heterocycles. The first kappa shape index (κ1) is 21.3. The van der Waals surface area contributed by atoms with Crippen LogP contribution in [-0.2, 0) is 31.0 Å². The molecular formula is C29H27NO4. The maximum atomic E-state index is 14.2. The molecule has 34 heavy (non-hydrogen) atoms. The lowest BCUT2D eigenvalue weighted by Crippen LogP contribution is -2.60. The Morgan fingerprint density at radius 3 is 1.94 bits per heavy atom. The van der Waals surface area contributed by atoms with E-state index in [0.29, 0.717) is 0 Å². The Morgan fingerprint density at radius 1 is 0.824 bits per heavy atom. The van der Waals surface area contributed by atoms with Crippen molar-refractivity contribution in [1.82, 2.24) is 4.90 Å². The number of carbonyl (C=O) groups is 2. The zero-order chi connectivity index (χ0) is 23.6. The Balaban J connectivity index is 1.58. The molecule has 1 heterocycles. The van der Waals surface area contributed by atoms with Crippen LogP contribution in [0.1, 0.15) is 39.3 Å². The van der Waals surface area contributed by atoms with Crippen LogP contribution in [0.5, 0.6) is 0 Å². The van der Waals surface area contributed by atoms with E-state index < -0.39 is 23.5 Å². The zero-order valence-corrected chi connectivity index (χ0v) is 19.5. The van der Waals surface area contributed by atoms with Gasteiger partial charge in [0.1, 0.15) is 0 Å². The number of ether oxygens (including phenoxy) is 2. The molecule has 5 heteroatoms. The molecule has 3 aromatic carbocycles. The normalized spacial score (nSPS) is 26.6. The fourth-order valence-electron chi connectivity index (χ4n) is 6.79. The van der Waals surface area contributed by atoms with Gasteiger partial charge in [0.15, 0.2) is 6.29 Å². The first-order valence-corrected chi connectivity index (χ1v) is 11.7. The highest BCUT2D eigenvalue weighted by atomic mass is 16.7. The standard InChI is InChI=1S/C29H27NO4/c1-17-12-14-18(15-13-17)16-30-26(31)24-23-19-8-4-6-10-21(19)29(25(24)27(30)32,28(33-2)34-3)22-11-7-5-9-20(22)23/h4-15,23-25,28H,16H2,1-3H3/t23?,24-,25+,29?/m1/s1. The number of hydrogen-bond donors (Lipinski definition) is 0. The average Bonchev–Trinajstić information content (AvgIpc) is 3.12. The zero-order valence-electron chi connectivity index (χ0n) is 19.5. The van der Waals surface area contributed by atoms with E-state index in [-0.39, 0.29) is 24.3 Å². The number of benzene rings is 3. The van der Waals surface area contributed by atoms with Gasteiger partial charge in [-0.05, 0) is 34.7 Å². The highest BCUT2D eigenvalue weighted by molar-refractivity contribution is 6.08. The van der Waals surface area contributed by atoms with Gasteiger partial charge in [0.25, 0.3) is 0 Å². The molecule has 2 atom stereocenters. The van der Waals surface area contributed by atoms with Gasteiger partial charge >= 0.3 is 0 Å². The molecule has 2 bridgehead atoms. The molecule has 5 nitrogen and oxygen atoms in total. The molecule has 7 rings (SSSR count). The molecule has 172 valence electrons. The number of amides is 2. The third-order valence-corrected chi connectivity index (χ3v) is 8.04. The number of imide groups is 1. The lowest BCUT2D eigenvalue weighted by atomic mass is 9.47. The largest absolute Gasteiger partial charge is 0.355 e. The minimum absolute atomic E-state index is 0.111. The van der Waals surface area contributed by atoms with Crippen LogP contribution in [0.2, 0.25) is 0 Å². The van der Waals surface area contributed by atoms with E-state index in [1.165, 1.54) is 4.90 Å². The van der Waals surface area contributed by atoms with E-state index in [9.17, 15) is 9.59 Å². The SMILES string of the molecule is COC(OC)C12c3ccccc3C(c3ccccc31)[C@H]1C(=O)N(Cc3ccc(C)cc3)C(=O)[C@H]12. The van der Waals surface area contributed by atoms with E-state index in [1.807, 2.05) is 55.5 Å². The Bertz CT molecular complexity index is 1250. The van der Waals surface area contributed by atoms with Gasteiger partial charge in [0.2, 0.25) is 11.8 Å². The summed E-state index contributed by atoms with van der Waals surface area (Å²) in [5, 5.41) is 0. The van der Waals surface area contributed by atoms with Crippen molar-refractivity contribution in [3.05, 3.63) is 106 Å². The molecule has 0 radical (unpaired) electrons. The third kappa shape index (κ3) is 2.57. The van der Waals surface area contributed by atoms with Crippen molar-refractivity contribution in [3.8, 4) is 0 Å². The van der Waals surface area contributed by atoms with Crippen LogP contribution in [0.25, 0.3) is 0 Å². The van der Waals surface area contributed by atoms with Crippen molar-refractivity contribution in [2.24, 2.45) is 11.8 Å². The van der Waals surface area contributed by atoms with Gasteiger partial charge in [-0.25, -0.2) is 0 Å². The van der Waals surface area contributed by atoms with Crippen molar-refractivity contribution >= 4 is 11.8 Å². The lowest BCUT2D eigenvalue weighted by molar-refractivity contribution is -0.169. The Labute approximate surface area is 199 Å². The Hall–Kier alpha value is -3.28. The second kappa shape index (κ2) is 7.62. The van der Waals surface area contributed by atoms with Gasteiger partial charge in [-0.3, -0.25) is 14.5 Å². The fourth-order valence-corrected chi connectivity index (χ4v) is 6.79. The summed E-state index contributed by atoms with van der Waals surface area (Å²) in [6, 6.07) is 24.3. The second-order valence-electron chi connectivity index (χ2n) is 9.58. The summed E-state index contributed by atoms with van der Waals surface area (Å²) in [7, 11) is 3.21. The molecule has 0 unspecified atom stereocenters. The fraction of sp³-hybridized carbons (Fsp3) is 0.310. The predicted molar refractivity (Wildman–Crippen MR) is 127 cm³/mol. The monoisotopic (exact) mass is 453 g/mol. The summed E-state index contributed by atoms with van der Waals surface area (Å²) in [4.78, 5) is 29.6. The first-order chi connectivity index (χ1) is 16.5. The van der Waals surface area contributed by atoms with E-state index in [1.54, 1.807) is 14.2 Å². The summed E-state index contributed by atoms with van der Waals surface area (Å²) < 4.78 is 11.9. The number of rotatable bonds is 5. The number of carbonyl (C=O) groups excluding carboxylic acids is 2. The molecule has 2 amide bonds. The first-order valence-electron chi connectivity index (χ1n) is 11.7. The van der Waals surface area contributed by atoms with Gasteiger partial charge in [0, 0.05) is 20.1 Å². The van der Waals surface area contributed by atoms with Crippen LogP contribution in [-0.4, -0.2) is 37.2 Å². The van der Waals surface area contributed by atoms with Crippen molar-refractivity contribution in [3.63, 3.8) is 0 Å². The van der Waals surface area contributed by atoms with Crippen LogP contribution < -0.4 is 0 Å². The maximum absolute atomic E-state index is 14.2. The highest BCUT2D eigenvalue weighted by Crippen LogP contribution is 2.65. The maximum Gasteiger partial charge on any atom is 0.234 e. The van der Waals surface area contributed by atoms with Crippen LogP contribution in [0.15, 0.2) is 72.8 Å². The van der Waals surface area contributed by atoms with Gasteiger partial charge in [-0.1, -0.05) is 78.4 Å². The van der Waals surface area contributed by atoms with Crippen molar-refractivity contribution < 1.29 is 19.1 Å². The number of aryl methyl sites for hydroxylation is 1. The molecule has 3 aromatic rings. The average molecular weight is 454 g/mol. The molecule has 0 spiro atoms. The van der Waals surface area contributed by atoms with Gasteiger partial charge in [0.05, 0.1) is 23.8 Å². The quantitative estimate of drug-likeness (QED) is 0.430. The van der Waals surface area contributed by atoms with Crippen LogP contribution in [0, 0.1) is 18.8 Å². The predicted octanol–water partition coefficient (Wildman–Crippen LogP) is 4.16. The summed E-state index contributed by atoms with van der Waals surface area (Å²) in [6.07, 6.45) is -0.723. The molecule has 3 aliphatic carbocycles. The van der Waals surface area contributed by atoms with Crippen molar-refractivity contribution in [2.75, 3.05) is 14.2 Å². The van der Waals surface area contributed by atoms with Gasteiger partial charge in [-0.2, -0.15) is 0 Å². The summed E-state index contributed by atoms with van der Waals surface area (Å²) in [5.74, 6) is -1.52. The minimum Gasteiger partial charge on any atom is -0.355 e. The van der Waals surface area contributed by atoms with E-state index in [4.69, 9.17) is 9.47 Å². The molecule has 0 N–H and O–H groups in total. The van der Waals surface area contributed by atoms with Crippen molar-refractivity contribution in [1.29, 1.82) is 0 Å². The number of nitrogens with zero attached hydrogens (tertiary/aromatic N) is 1. The third-order valence-electron chi connectivity index (χ3n) is 8.04. The summed E-state index contributed by atoms with van der Waals surface area (Å²) in [6.45, 7) is 2.29. The Kier molecular flexibility index (Phi) is 4.77. The summed E-state index contributed by atoms with van der Waals surface area (Å²) in [5.41, 5.74) is 5.38. The minimum atomic E-state index is -0.912. The highest BCUT2D eigenvalue weighted by Gasteiger charge is 2.70. The molecule has 4 aliphatic rings. The van der Waals surface area contributed by atoms with Crippen LogP contribution in [0.4, 0.5) is 0 Å². The van der Waals surface area contributed by atoms with Gasteiger partial charge in [-0.15, -0.1) is 0 Å². The number of likely N-dealkylation sites (tertiary alicyclic amines) is 1. The molecule has 1 aliphatic heterocycles. The van der Waals surface area contributed by atoms with E-state index in [2.05, 4.69) is 24.3 Å². The lowest BCUT2D eigenvalue weighted by Gasteiger charge is -2.56.